The number of anilines is 1. The highest BCUT2D eigenvalue weighted by molar-refractivity contribution is 6.05. The van der Waals surface area contributed by atoms with Crippen LogP contribution in [0, 0.1) is 11.8 Å². The van der Waals surface area contributed by atoms with Gasteiger partial charge in [-0.3, -0.25) is 14.4 Å². The van der Waals surface area contributed by atoms with Crippen LogP contribution in [0.25, 0.3) is 0 Å². The molecule has 214 valence electrons. The average molecular weight is 564 g/mol. The fourth-order valence-corrected chi connectivity index (χ4v) is 6.46. The van der Waals surface area contributed by atoms with Crippen LogP contribution in [0.1, 0.15) is 11.1 Å². The molecule has 3 heterocycles. The zero-order chi connectivity index (χ0) is 29.3. The van der Waals surface area contributed by atoms with Crippen molar-refractivity contribution in [3.8, 4) is 5.75 Å². The second-order valence-electron chi connectivity index (χ2n) is 10.8. The maximum atomic E-state index is 14.6. The first-order valence-corrected chi connectivity index (χ1v) is 14.1. The van der Waals surface area contributed by atoms with Gasteiger partial charge in [-0.1, -0.05) is 78.9 Å². The van der Waals surface area contributed by atoms with Crippen molar-refractivity contribution in [3.05, 3.63) is 121 Å². The van der Waals surface area contributed by atoms with Crippen LogP contribution in [0.5, 0.6) is 5.75 Å². The molecule has 0 aliphatic carbocycles. The smallest absolute Gasteiger partial charge is 0.253 e. The third kappa shape index (κ3) is 4.67. The third-order valence-electron chi connectivity index (χ3n) is 8.38. The standard InChI is InChI=1S/C34H33N3O5/c1-3-20-36(25-14-16-26(41-2)17-15-25)33(40)30-34-19-18-27(42-34)28(31(38)35-21-23-10-6-4-7-11-23)29(34)32(39)37(30)22-24-12-8-5-9-13-24/h3-19,27-30H,1,20-22H2,2H3,(H,35,38)/t27-,28+,29+,30-,34+/m0/s1. The summed E-state index contributed by atoms with van der Waals surface area (Å²) in [6.07, 6.45) is 4.71. The molecule has 1 spiro atoms. The number of rotatable bonds is 10. The van der Waals surface area contributed by atoms with E-state index in [1.54, 1.807) is 47.3 Å². The quantitative estimate of drug-likeness (QED) is 0.379. The summed E-state index contributed by atoms with van der Waals surface area (Å²) in [5.74, 6) is -1.76. The molecule has 0 unspecified atom stereocenters. The molecule has 3 aromatic carbocycles. The molecule has 3 aromatic rings. The van der Waals surface area contributed by atoms with E-state index in [1.165, 1.54) is 0 Å². The number of amides is 3. The van der Waals surface area contributed by atoms with E-state index in [1.807, 2.05) is 72.8 Å². The van der Waals surface area contributed by atoms with Crippen molar-refractivity contribution in [3.63, 3.8) is 0 Å². The van der Waals surface area contributed by atoms with E-state index in [0.717, 1.165) is 11.1 Å². The van der Waals surface area contributed by atoms with Crippen molar-refractivity contribution in [2.24, 2.45) is 11.8 Å². The van der Waals surface area contributed by atoms with Gasteiger partial charge in [0.15, 0.2) is 0 Å². The number of benzene rings is 3. The summed E-state index contributed by atoms with van der Waals surface area (Å²) in [5, 5.41) is 3.00. The molecule has 0 radical (unpaired) electrons. The average Bonchev–Trinajstić information content (AvgIpc) is 3.67. The Bertz CT molecular complexity index is 1510. The van der Waals surface area contributed by atoms with E-state index in [4.69, 9.17) is 9.47 Å². The molecule has 8 heteroatoms. The van der Waals surface area contributed by atoms with Crippen molar-refractivity contribution < 1.29 is 23.9 Å². The highest BCUT2D eigenvalue weighted by Gasteiger charge is 2.73. The summed E-state index contributed by atoms with van der Waals surface area (Å²) in [6.45, 7) is 4.63. The normalized spacial score (nSPS) is 25.3. The summed E-state index contributed by atoms with van der Waals surface area (Å²) in [4.78, 5) is 45.7. The third-order valence-corrected chi connectivity index (χ3v) is 8.38. The molecule has 3 amide bonds. The number of nitrogens with one attached hydrogen (secondary N) is 1. The second kappa shape index (κ2) is 11.3. The topological polar surface area (TPSA) is 88.2 Å². The molecule has 42 heavy (non-hydrogen) atoms. The van der Waals surface area contributed by atoms with Crippen LogP contribution < -0.4 is 15.0 Å². The predicted molar refractivity (Wildman–Crippen MR) is 158 cm³/mol. The Morgan fingerprint density at radius 3 is 2.33 bits per heavy atom. The van der Waals surface area contributed by atoms with Gasteiger partial charge in [-0.25, -0.2) is 0 Å². The molecule has 2 saturated heterocycles. The van der Waals surface area contributed by atoms with Crippen LogP contribution in [-0.2, 0) is 32.2 Å². The van der Waals surface area contributed by atoms with Gasteiger partial charge in [0.05, 0.1) is 25.0 Å². The molecule has 5 atom stereocenters. The van der Waals surface area contributed by atoms with Gasteiger partial charge in [0.25, 0.3) is 5.91 Å². The van der Waals surface area contributed by atoms with E-state index in [0.29, 0.717) is 18.0 Å². The van der Waals surface area contributed by atoms with Crippen LogP contribution >= 0.6 is 0 Å². The van der Waals surface area contributed by atoms with Crippen LogP contribution in [0.4, 0.5) is 5.69 Å². The maximum Gasteiger partial charge on any atom is 0.253 e. The molecule has 0 saturated carbocycles. The molecule has 3 aliphatic rings. The Morgan fingerprint density at radius 1 is 1.02 bits per heavy atom. The number of hydrogen-bond acceptors (Lipinski definition) is 5. The number of nitrogens with zero attached hydrogens (tertiary/aromatic N) is 2. The minimum atomic E-state index is -1.27. The molecule has 3 aliphatic heterocycles. The molecule has 6 rings (SSSR count). The first kappa shape index (κ1) is 27.5. The van der Waals surface area contributed by atoms with Crippen LogP contribution in [-0.4, -0.2) is 54.0 Å². The van der Waals surface area contributed by atoms with Gasteiger partial charge in [0.2, 0.25) is 11.8 Å². The Balaban J connectivity index is 1.36. The van der Waals surface area contributed by atoms with Crippen LogP contribution in [0.15, 0.2) is 110 Å². The molecule has 8 nitrogen and oxygen atoms in total. The van der Waals surface area contributed by atoms with Crippen molar-refractivity contribution in [1.82, 2.24) is 10.2 Å². The van der Waals surface area contributed by atoms with Crippen LogP contribution in [0.2, 0.25) is 0 Å². The minimum Gasteiger partial charge on any atom is -0.497 e. The monoisotopic (exact) mass is 563 g/mol. The fourth-order valence-electron chi connectivity index (χ4n) is 6.46. The second-order valence-corrected chi connectivity index (χ2v) is 10.8. The maximum absolute atomic E-state index is 14.6. The molecule has 2 fully saturated rings. The highest BCUT2D eigenvalue weighted by atomic mass is 16.5. The Labute approximate surface area is 245 Å². The number of fused-ring (bicyclic) bond motifs is 1. The van der Waals surface area contributed by atoms with Crippen LogP contribution in [0.3, 0.4) is 0 Å². The van der Waals surface area contributed by atoms with Gasteiger partial charge >= 0.3 is 0 Å². The van der Waals surface area contributed by atoms with Gasteiger partial charge in [-0.05, 0) is 35.4 Å². The minimum absolute atomic E-state index is 0.207. The van der Waals surface area contributed by atoms with Gasteiger partial charge in [0, 0.05) is 25.3 Å². The number of ether oxygens (including phenoxy) is 2. The number of carbonyl (C=O) groups excluding carboxylic acids is 3. The van der Waals surface area contributed by atoms with Crippen molar-refractivity contribution in [2.75, 3.05) is 18.6 Å². The van der Waals surface area contributed by atoms with E-state index >= 15 is 0 Å². The number of hydrogen-bond donors (Lipinski definition) is 1. The largest absolute Gasteiger partial charge is 0.497 e. The molecule has 1 N–H and O–H groups in total. The summed E-state index contributed by atoms with van der Waals surface area (Å²) < 4.78 is 11.8. The number of carbonyl (C=O) groups is 3. The Hall–Kier alpha value is -4.69. The van der Waals surface area contributed by atoms with Gasteiger partial charge in [-0.2, -0.15) is 0 Å². The summed E-state index contributed by atoms with van der Waals surface area (Å²) in [6, 6.07) is 25.3. The number of methoxy groups -OCH3 is 1. The van der Waals surface area contributed by atoms with Gasteiger partial charge in [0.1, 0.15) is 17.4 Å². The fraction of sp³-hybridized carbons (Fsp3) is 0.265. The predicted octanol–water partition coefficient (Wildman–Crippen LogP) is 3.88. The van der Waals surface area contributed by atoms with E-state index in [2.05, 4.69) is 11.9 Å². The Kier molecular flexibility index (Phi) is 7.39. The number of likely N-dealkylation sites (tertiary alicyclic amines) is 1. The van der Waals surface area contributed by atoms with Crippen molar-refractivity contribution >= 4 is 23.4 Å². The lowest BCUT2D eigenvalue weighted by Gasteiger charge is -2.36. The summed E-state index contributed by atoms with van der Waals surface area (Å²) in [5.41, 5.74) is 1.20. The first-order valence-electron chi connectivity index (χ1n) is 14.1. The Morgan fingerprint density at radius 2 is 1.69 bits per heavy atom. The highest BCUT2D eigenvalue weighted by Crippen LogP contribution is 2.55. The van der Waals surface area contributed by atoms with E-state index in [9.17, 15) is 14.4 Å². The molecular formula is C34H33N3O5. The lowest BCUT2D eigenvalue weighted by molar-refractivity contribution is -0.141. The lowest BCUT2D eigenvalue weighted by Crippen LogP contribution is -2.55. The zero-order valence-electron chi connectivity index (χ0n) is 23.4. The molecule has 2 bridgehead atoms. The zero-order valence-corrected chi connectivity index (χ0v) is 23.4. The summed E-state index contributed by atoms with van der Waals surface area (Å²) in [7, 11) is 1.58. The van der Waals surface area contributed by atoms with E-state index < -0.39 is 29.6 Å². The van der Waals surface area contributed by atoms with Crippen molar-refractivity contribution in [2.45, 2.75) is 30.8 Å². The van der Waals surface area contributed by atoms with Gasteiger partial charge < -0.3 is 24.6 Å². The summed E-state index contributed by atoms with van der Waals surface area (Å²) >= 11 is 0. The first-order chi connectivity index (χ1) is 20.5. The van der Waals surface area contributed by atoms with Crippen molar-refractivity contribution in [1.29, 1.82) is 0 Å². The lowest BCUT2D eigenvalue weighted by atomic mass is 9.74. The SMILES string of the molecule is C=CCN(C(=O)[C@@H]1N(Cc2ccccc2)C(=O)[C@H]2[C@H](C(=O)NCc3ccccc3)[C@@H]3C=C[C@]12O3)c1ccc(OC)cc1. The van der Waals surface area contributed by atoms with E-state index in [-0.39, 0.29) is 30.8 Å². The molecular weight excluding hydrogens is 530 g/mol. The molecule has 0 aromatic heterocycles. The van der Waals surface area contributed by atoms with Gasteiger partial charge in [-0.15, -0.1) is 6.58 Å².